The number of rotatable bonds is 7. The van der Waals surface area contributed by atoms with Gasteiger partial charge < -0.3 is 9.47 Å². The molecular formula is C28H36N2O5. The second-order valence-corrected chi connectivity index (χ2v) is 11.6. The minimum Gasteiger partial charge on any atom is -0.493 e. The van der Waals surface area contributed by atoms with Crippen molar-refractivity contribution in [3.8, 4) is 11.5 Å². The molecule has 4 amide bonds. The summed E-state index contributed by atoms with van der Waals surface area (Å²) >= 11 is 0. The van der Waals surface area contributed by atoms with E-state index in [-0.39, 0.29) is 17.0 Å². The summed E-state index contributed by atoms with van der Waals surface area (Å²) in [5.74, 6) is 2.43. The standard InChI is InChI=1S/C28H36N2O5/c1-16(2)15-35-23-6-5-18(11-24(23)34-4)10-22-25(31)29-27(33)30(26(22)32)17(3)28-12-19-7-20(13-28)9-21(8-19)14-28/h5-6,10-11,16-17,19-21H,7-9,12-15H2,1-4H3,(H,29,31,33)/b22-10+/t17-,19?,20?,21?,28?/m1/s1. The molecule has 1 aliphatic heterocycles. The molecule has 4 saturated carbocycles. The van der Waals surface area contributed by atoms with Crippen LogP contribution in [0.15, 0.2) is 23.8 Å². The highest BCUT2D eigenvalue weighted by Crippen LogP contribution is 2.62. The summed E-state index contributed by atoms with van der Waals surface area (Å²) < 4.78 is 11.3. The zero-order chi connectivity index (χ0) is 24.9. The summed E-state index contributed by atoms with van der Waals surface area (Å²) in [5.41, 5.74) is 0.569. The first kappa shape index (κ1) is 23.9. The molecule has 188 valence electrons. The summed E-state index contributed by atoms with van der Waals surface area (Å²) in [6, 6.07) is 4.46. The Morgan fingerprint density at radius 2 is 1.66 bits per heavy atom. The number of nitrogens with zero attached hydrogens (tertiary/aromatic N) is 1. The van der Waals surface area contributed by atoms with Gasteiger partial charge in [0.2, 0.25) is 0 Å². The smallest absolute Gasteiger partial charge is 0.331 e. The number of carbonyl (C=O) groups is 3. The molecule has 0 unspecified atom stereocenters. The van der Waals surface area contributed by atoms with Crippen LogP contribution in [-0.2, 0) is 9.59 Å². The Hall–Kier alpha value is -2.83. The topological polar surface area (TPSA) is 84.9 Å². The number of nitrogens with one attached hydrogen (secondary N) is 1. The zero-order valence-electron chi connectivity index (χ0n) is 21.1. The van der Waals surface area contributed by atoms with Crippen molar-refractivity contribution in [3.05, 3.63) is 29.3 Å². The van der Waals surface area contributed by atoms with Crippen LogP contribution >= 0.6 is 0 Å². The summed E-state index contributed by atoms with van der Waals surface area (Å²) in [6.07, 6.45) is 8.60. The van der Waals surface area contributed by atoms with E-state index in [1.165, 1.54) is 30.2 Å². The van der Waals surface area contributed by atoms with Gasteiger partial charge in [-0.05, 0) is 98.3 Å². The number of ether oxygens (including phenoxy) is 2. The third-order valence-corrected chi connectivity index (χ3v) is 8.56. The Balaban J connectivity index is 1.41. The molecule has 5 fully saturated rings. The number of barbiturate groups is 1. The summed E-state index contributed by atoms with van der Waals surface area (Å²) in [5, 5.41) is 2.42. The van der Waals surface area contributed by atoms with E-state index in [0.717, 1.165) is 19.3 Å². The number of amides is 4. The van der Waals surface area contributed by atoms with E-state index in [4.69, 9.17) is 9.47 Å². The molecule has 7 nitrogen and oxygen atoms in total. The van der Waals surface area contributed by atoms with Crippen molar-refractivity contribution < 1.29 is 23.9 Å². The van der Waals surface area contributed by atoms with Crippen LogP contribution in [0.4, 0.5) is 4.79 Å². The summed E-state index contributed by atoms with van der Waals surface area (Å²) in [6.45, 7) is 6.69. The highest BCUT2D eigenvalue weighted by molar-refractivity contribution is 6.31. The SMILES string of the molecule is COc1cc(/C=C2\C(=O)NC(=O)N([C@H](C)C34CC5CC(CC(C5)C3)C4)C2=O)ccc1OCC(C)C. The number of carbonyl (C=O) groups excluding carboxylic acids is 3. The quantitative estimate of drug-likeness (QED) is 0.448. The third-order valence-electron chi connectivity index (χ3n) is 8.56. The average molecular weight is 481 g/mol. The lowest BCUT2D eigenvalue weighted by molar-refractivity contribution is -0.139. The van der Waals surface area contributed by atoms with Crippen molar-refractivity contribution in [1.29, 1.82) is 0 Å². The fourth-order valence-corrected chi connectivity index (χ4v) is 7.30. The number of urea groups is 1. The molecule has 1 aromatic rings. The molecule has 7 heteroatoms. The van der Waals surface area contributed by atoms with Crippen LogP contribution in [0.3, 0.4) is 0 Å². The lowest BCUT2D eigenvalue weighted by atomic mass is 9.47. The van der Waals surface area contributed by atoms with Gasteiger partial charge in [-0.25, -0.2) is 4.79 Å². The van der Waals surface area contributed by atoms with Crippen LogP contribution in [0.5, 0.6) is 11.5 Å². The third kappa shape index (κ3) is 4.34. The summed E-state index contributed by atoms with van der Waals surface area (Å²) in [4.78, 5) is 40.6. The number of hydrogen-bond donors (Lipinski definition) is 1. The molecule has 0 spiro atoms. The zero-order valence-corrected chi connectivity index (χ0v) is 21.1. The van der Waals surface area contributed by atoms with E-state index in [2.05, 4.69) is 19.2 Å². The van der Waals surface area contributed by atoms with E-state index >= 15 is 0 Å². The summed E-state index contributed by atoms with van der Waals surface area (Å²) in [7, 11) is 1.56. The molecule has 4 bridgehead atoms. The maximum atomic E-state index is 13.6. The number of imide groups is 2. The van der Waals surface area contributed by atoms with Crippen molar-refractivity contribution in [2.75, 3.05) is 13.7 Å². The van der Waals surface area contributed by atoms with Crippen LogP contribution in [-0.4, -0.2) is 42.5 Å². The molecule has 0 aromatic heterocycles. The Bertz CT molecular complexity index is 1040. The van der Waals surface area contributed by atoms with E-state index in [1.807, 2.05) is 6.92 Å². The van der Waals surface area contributed by atoms with Gasteiger partial charge in [0, 0.05) is 6.04 Å². The van der Waals surface area contributed by atoms with Crippen molar-refractivity contribution in [2.45, 2.75) is 65.3 Å². The number of methoxy groups -OCH3 is 1. The van der Waals surface area contributed by atoms with Crippen LogP contribution in [0.2, 0.25) is 0 Å². The van der Waals surface area contributed by atoms with Crippen LogP contribution in [0.1, 0.15) is 64.9 Å². The predicted molar refractivity (Wildman–Crippen MR) is 132 cm³/mol. The van der Waals surface area contributed by atoms with Crippen molar-refractivity contribution >= 4 is 23.9 Å². The Morgan fingerprint density at radius 3 is 2.23 bits per heavy atom. The van der Waals surface area contributed by atoms with E-state index in [1.54, 1.807) is 25.3 Å². The average Bonchev–Trinajstić information content (AvgIpc) is 2.79. The van der Waals surface area contributed by atoms with Gasteiger partial charge in [0.15, 0.2) is 11.5 Å². The molecule has 1 N–H and O–H groups in total. The Morgan fingerprint density at radius 1 is 1.03 bits per heavy atom. The fourth-order valence-electron chi connectivity index (χ4n) is 7.30. The van der Waals surface area contributed by atoms with Crippen molar-refractivity contribution in [3.63, 3.8) is 0 Å². The normalized spacial score (nSPS) is 31.8. The lowest BCUT2D eigenvalue weighted by Gasteiger charge is -2.60. The molecule has 5 aliphatic rings. The monoisotopic (exact) mass is 480 g/mol. The fraction of sp³-hybridized carbons (Fsp3) is 0.607. The van der Waals surface area contributed by atoms with Crippen LogP contribution < -0.4 is 14.8 Å². The van der Waals surface area contributed by atoms with Gasteiger partial charge in [-0.3, -0.25) is 19.8 Å². The first-order valence-electron chi connectivity index (χ1n) is 12.9. The van der Waals surface area contributed by atoms with Gasteiger partial charge in [-0.2, -0.15) is 0 Å². The van der Waals surface area contributed by atoms with Gasteiger partial charge >= 0.3 is 6.03 Å². The molecule has 1 saturated heterocycles. The first-order valence-corrected chi connectivity index (χ1v) is 12.9. The molecule has 1 aromatic carbocycles. The minimum absolute atomic E-state index is 0.0286. The van der Waals surface area contributed by atoms with Gasteiger partial charge in [0.05, 0.1) is 13.7 Å². The Labute approximate surface area is 207 Å². The highest BCUT2D eigenvalue weighted by atomic mass is 16.5. The predicted octanol–water partition coefficient (Wildman–Crippen LogP) is 4.80. The second-order valence-electron chi connectivity index (χ2n) is 11.6. The van der Waals surface area contributed by atoms with E-state index in [0.29, 0.717) is 47.3 Å². The van der Waals surface area contributed by atoms with Gasteiger partial charge in [0.1, 0.15) is 5.57 Å². The van der Waals surface area contributed by atoms with Gasteiger partial charge in [-0.15, -0.1) is 0 Å². The molecule has 0 radical (unpaired) electrons. The van der Waals surface area contributed by atoms with Gasteiger partial charge in [-0.1, -0.05) is 19.9 Å². The minimum atomic E-state index is -0.659. The highest BCUT2D eigenvalue weighted by Gasteiger charge is 2.56. The molecule has 6 rings (SSSR count). The molecule has 4 aliphatic carbocycles. The van der Waals surface area contributed by atoms with Crippen LogP contribution in [0.25, 0.3) is 6.08 Å². The number of hydrogen-bond acceptors (Lipinski definition) is 5. The maximum Gasteiger partial charge on any atom is 0.331 e. The Kier molecular flexibility index (Phi) is 6.14. The second kappa shape index (κ2) is 8.99. The van der Waals surface area contributed by atoms with Crippen LogP contribution in [0, 0.1) is 29.1 Å². The maximum absolute atomic E-state index is 13.6. The van der Waals surface area contributed by atoms with Gasteiger partial charge in [0.25, 0.3) is 11.8 Å². The lowest BCUT2D eigenvalue weighted by Crippen LogP contribution is -2.63. The number of benzene rings is 1. The van der Waals surface area contributed by atoms with E-state index in [9.17, 15) is 14.4 Å². The molecule has 1 atom stereocenters. The molecule has 1 heterocycles. The first-order chi connectivity index (χ1) is 16.7. The molecule has 35 heavy (non-hydrogen) atoms. The largest absolute Gasteiger partial charge is 0.493 e. The van der Waals surface area contributed by atoms with E-state index < -0.39 is 17.8 Å². The van der Waals surface area contributed by atoms with Crippen molar-refractivity contribution in [2.24, 2.45) is 29.1 Å². The van der Waals surface area contributed by atoms with Crippen molar-refractivity contribution in [1.82, 2.24) is 10.2 Å². The molecular weight excluding hydrogens is 444 g/mol.